The Labute approximate surface area is 441 Å². The van der Waals surface area contributed by atoms with Gasteiger partial charge in [-0.05, 0) is 30.7 Å². The van der Waals surface area contributed by atoms with Crippen LogP contribution in [-0.2, 0) is 62.4 Å². The largest absolute Gasteiger partial charge is 0.416 e. The standard InChI is InChI=1S/C32H12BF24.C22H32N/c34-25(35,36)13-1-14(26(37,38)39)6-21(5-13)33(22-7-15(27(40,41)42)2-16(8-22)28(43,44)45,23-9-17(29(46,47)48)3-18(10-23)30(49,50)51)24-11-19(31(52,53)54)4-20(12-24)32(55,56)57;1-2-3-4-5-6-7-8-12-17-22-18-13-14-19-23(22)20-21-15-10-9-11-16-21/h1-12H;9-11,13-16,18-19H,2-8,12,17,20H2,1H3/q-1;+1. The van der Waals surface area contributed by atoms with E-state index in [1.807, 2.05) is 0 Å². The Kier molecular flexibility index (Phi) is 19.6. The number of nitrogens with zero attached hydrogens (tertiary/aromatic N) is 1. The van der Waals surface area contributed by atoms with E-state index in [1.54, 1.807) is 0 Å². The Morgan fingerprint density at radius 1 is 0.312 bits per heavy atom. The summed E-state index contributed by atoms with van der Waals surface area (Å²) in [7, 11) is 0. The van der Waals surface area contributed by atoms with Crippen LogP contribution in [-0.4, -0.2) is 6.15 Å². The number of halogens is 24. The van der Waals surface area contributed by atoms with E-state index in [2.05, 4.69) is 66.2 Å². The highest BCUT2D eigenvalue weighted by molar-refractivity contribution is 7.20. The van der Waals surface area contributed by atoms with Crippen molar-refractivity contribution in [2.45, 2.75) is 121 Å². The van der Waals surface area contributed by atoms with E-state index in [-0.39, 0.29) is 0 Å². The minimum absolute atomic E-state index is 0.691. The fraction of sp³-hybridized carbons (Fsp3) is 0.352. The minimum Gasteiger partial charge on any atom is -0.198 e. The number of aryl methyl sites for hydroxylation is 1. The molecule has 0 saturated heterocycles. The van der Waals surface area contributed by atoms with Crippen molar-refractivity contribution in [1.29, 1.82) is 0 Å². The Morgan fingerprint density at radius 3 is 0.850 bits per heavy atom. The number of benzene rings is 5. The van der Waals surface area contributed by atoms with Crippen LogP contribution in [0.3, 0.4) is 0 Å². The summed E-state index contributed by atoms with van der Waals surface area (Å²) in [4.78, 5) is 0. The lowest BCUT2D eigenvalue weighted by molar-refractivity contribution is -0.695. The highest BCUT2D eigenvalue weighted by Gasteiger charge is 2.47. The lowest BCUT2D eigenvalue weighted by Crippen LogP contribution is -2.75. The third-order valence-corrected chi connectivity index (χ3v) is 13.0. The molecular weight excluding hydrogens is 1130 g/mol. The molecule has 0 spiro atoms. The first-order valence-electron chi connectivity index (χ1n) is 24.0. The molecule has 1 aromatic heterocycles. The Morgan fingerprint density at radius 2 is 0.575 bits per heavy atom. The zero-order valence-corrected chi connectivity index (χ0v) is 41.3. The monoisotopic (exact) mass is 1170 g/mol. The molecule has 6 aromatic rings. The number of hydrogen-bond acceptors (Lipinski definition) is 0. The summed E-state index contributed by atoms with van der Waals surface area (Å²) in [5.41, 5.74) is -27.4. The van der Waals surface area contributed by atoms with Gasteiger partial charge in [-0.15, -0.1) is 0 Å². The van der Waals surface area contributed by atoms with Gasteiger partial charge in [-0.3, -0.25) is 0 Å². The van der Waals surface area contributed by atoms with Crippen LogP contribution in [0.4, 0.5) is 105 Å². The maximum absolute atomic E-state index is 14.2. The number of hydrogen-bond donors (Lipinski definition) is 0. The second-order valence-electron chi connectivity index (χ2n) is 18.8. The molecule has 6 rings (SSSR count). The van der Waals surface area contributed by atoms with Crippen molar-refractivity contribution in [2.24, 2.45) is 0 Å². The molecule has 0 amide bonds. The van der Waals surface area contributed by atoms with Crippen LogP contribution in [0.5, 0.6) is 0 Å². The molecule has 26 heteroatoms. The minimum atomic E-state index is -6.13. The molecule has 1 nitrogen and oxygen atoms in total. The van der Waals surface area contributed by atoms with Crippen LogP contribution in [0.1, 0.15) is 114 Å². The number of aromatic nitrogens is 1. The molecule has 0 atom stereocenters. The zero-order chi connectivity index (χ0) is 60.1. The van der Waals surface area contributed by atoms with Gasteiger partial charge in [0.2, 0.25) is 0 Å². The lowest BCUT2D eigenvalue weighted by atomic mass is 9.12. The van der Waals surface area contributed by atoms with Crippen molar-refractivity contribution in [3.63, 3.8) is 0 Å². The van der Waals surface area contributed by atoms with E-state index in [1.165, 1.54) is 69.0 Å². The smallest absolute Gasteiger partial charge is 0.198 e. The van der Waals surface area contributed by atoms with Crippen molar-refractivity contribution in [3.05, 3.63) is 183 Å². The first kappa shape index (κ1) is 64.5. The molecule has 0 aliphatic rings. The molecule has 0 aliphatic heterocycles. The van der Waals surface area contributed by atoms with Gasteiger partial charge in [0.05, 0.1) is 44.5 Å². The Hall–Kier alpha value is -6.37. The molecule has 80 heavy (non-hydrogen) atoms. The van der Waals surface area contributed by atoms with E-state index in [0.717, 1.165) is 6.54 Å². The van der Waals surface area contributed by atoms with Gasteiger partial charge in [0.1, 0.15) is 6.15 Å². The fourth-order valence-electron chi connectivity index (χ4n) is 9.18. The summed E-state index contributed by atoms with van der Waals surface area (Å²) in [6, 6.07) is 8.52. The molecule has 5 aromatic carbocycles. The molecule has 436 valence electrons. The molecule has 0 fully saturated rings. The number of rotatable bonds is 15. The van der Waals surface area contributed by atoms with Gasteiger partial charge in [0, 0.05) is 24.1 Å². The molecular formula is C54H44BF24N. The van der Waals surface area contributed by atoms with Gasteiger partial charge >= 0.3 is 49.4 Å². The first-order valence-corrected chi connectivity index (χ1v) is 24.0. The molecule has 0 unspecified atom stereocenters. The predicted molar refractivity (Wildman–Crippen MR) is 249 cm³/mol. The number of pyridine rings is 1. The molecule has 1 heterocycles. The second-order valence-corrected chi connectivity index (χ2v) is 18.8. The first-order chi connectivity index (χ1) is 36.7. The van der Waals surface area contributed by atoms with E-state index >= 15 is 0 Å². The Balaban J connectivity index is 0.000000424. The zero-order valence-electron chi connectivity index (χ0n) is 41.3. The van der Waals surface area contributed by atoms with E-state index in [9.17, 15) is 105 Å². The maximum Gasteiger partial charge on any atom is 0.416 e. The van der Waals surface area contributed by atoms with Crippen molar-refractivity contribution in [3.8, 4) is 0 Å². The summed E-state index contributed by atoms with van der Waals surface area (Å²) >= 11 is 0. The SMILES string of the molecule is CCCCCCCCCCc1cccc[n+]1Cc1ccccc1.FC(F)(F)c1cc([B-](c2cc(C(F)(F)F)cc(C(F)(F)F)c2)(c2cc(C(F)(F)F)cc(C(F)(F)F)c2)c2cc(C(F)(F)F)cc(C(F)(F)F)c2)cc(C(F)(F)F)c1. The fourth-order valence-corrected chi connectivity index (χ4v) is 9.18. The second kappa shape index (κ2) is 24.4. The maximum atomic E-state index is 14.2. The number of unbranched alkanes of at least 4 members (excludes halogenated alkanes) is 7. The summed E-state index contributed by atoms with van der Waals surface area (Å²) in [5, 5.41) is 0. The third kappa shape index (κ3) is 16.6. The summed E-state index contributed by atoms with van der Waals surface area (Å²) < 4.78 is 343. The van der Waals surface area contributed by atoms with Gasteiger partial charge in [-0.2, -0.15) is 132 Å². The molecule has 0 saturated carbocycles. The van der Waals surface area contributed by atoms with E-state index in [4.69, 9.17) is 0 Å². The molecule has 0 bridgehead atoms. The summed E-state index contributed by atoms with van der Waals surface area (Å²) in [5.74, 6) is 0. The highest BCUT2D eigenvalue weighted by Crippen LogP contribution is 2.41. The molecule has 0 aliphatic carbocycles. The van der Waals surface area contributed by atoms with Crippen LogP contribution >= 0.6 is 0 Å². The molecule has 0 N–H and O–H groups in total. The average Bonchev–Trinajstić information content (AvgIpc) is 3.48. The normalized spacial score (nSPS) is 13.3. The Bertz CT molecular complexity index is 2580. The average molecular weight is 1170 g/mol. The third-order valence-electron chi connectivity index (χ3n) is 13.0. The van der Waals surface area contributed by atoms with Gasteiger partial charge in [-0.25, -0.2) is 0 Å². The van der Waals surface area contributed by atoms with E-state index < -0.39 is 195 Å². The van der Waals surface area contributed by atoms with Crippen molar-refractivity contribution in [2.75, 3.05) is 0 Å². The van der Waals surface area contributed by atoms with Gasteiger partial charge < -0.3 is 0 Å². The molecule has 0 radical (unpaired) electrons. The van der Waals surface area contributed by atoms with Crippen molar-refractivity contribution in [1.82, 2.24) is 0 Å². The summed E-state index contributed by atoms with van der Waals surface area (Å²) in [6.45, 7) is 3.26. The van der Waals surface area contributed by atoms with Crippen molar-refractivity contribution < 1.29 is 110 Å². The lowest BCUT2D eigenvalue weighted by Gasteiger charge is -2.46. The highest BCUT2D eigenvalue weighted by atomic mass is 19.4. The van der Waals surface area contributed by atoms with Crippen LogP contribution in [0.2, 0.25) is 0 Å². The van der Waals surface area contributed by atoms with Gasteiger partial charge in [0.25, 0.3) is 0 Å². The van der Waals surface area contributed by atoms with Crippen LogP contribution in [0.15, 0.2) is 128 Å². The van der Waals surface area contributed by atoms with Gasteiger partial charge in [0.15, 0.2) is 18.4 Å². The number of alkyl halides is 24. The van der Waals surface area contributed by atoms with Crippen molar-refractivity contribution >= 4 is 28.0 Å². The van der Waals surface area contributed by atoms with Crippen LogP contribution < -0.4 is 26.4 Å². The topological polar surface area (TPSA) is 3.88 Å². The van der Waals surface area contributed by atoms with Crippen LogP contribution in [0, 0.1) is 0 Å². The summed E-state index contributed by atoms with van der Waals surface area (Å²) in [6.07, 6.45) is -40.3. The van der Waals surface area contributed by atoms with E-state index in [0.29, 0.717) is 0 Å². The van der Waals surface area contributed by atoms with Crippen LogP contribution in [0.25, 0.3) is 0 Å². The van der Waals surface area contributed by atoms with Gasteiger partial charge in [-0.1, -0.05) is 137 Å². The predicted octanol–water partition coefficient (Wildman–Crippen LogP) is 16.9. The quantitative estimate of drug-likeness (QED) is 0.0418.